The van der Waals surface area contributed by atoms with Gasteiger partial charge in [0.05, 0.1) is 6.10 Å². The van der Waals surface area contributed by atoms with E-state index in [9.17, 15) is 9.90 Å². The maximum absolute atomic E-state index is 11.7. The van der Waals surface area contributed by atoms with Crippen LogP contribution in [-0.2, 0) is 4.79 Å². The largest absolute Gasteiger partial charge is 0.387 e. The Hall–Kier alpha value is -0.870. The quantitative estimate of drug-likeness (QED) is 0.806. The highest BCUT2D eigenvalue weighted by atomic mass is 32.1. The normalized spacial score (nSPS) is 17.5. The predicted molar refractivity (Wildman–Crippen MR) is 78.1 cm³/mol. The van der Waals surface area contributed by atoms with E-state index in [0.29, 0.717) is 13.0 Å². The van der Waals surface area contributed by atoms with Crippen molar-refractivity contribution >= 4 is 17.2 Å². The van der Waals surface area contributed by atoms with Gasteiger partial charge in [0.15, 0.2) is 0 Å². The van der Waals surface area contributed by atoms with E-state index in [1.165, 1.54) is 32.1 Å². The molecule has 1 aromatic heterocycles. The Morgan fingerprint density at radius 1 is 1.47 bits per heavy atom. The van der Waals surface area contributed by atoms with Crippen LogP contribution in [0, 0.1) is 5.92 Å². The standard InChI is InChI=1S/C15H23NO2S/c17-14(13-8-9-19-11-13)10-16-15(18)7-3-6-12-4-1-2-5-12/h8-9,11-12,14,17H,1-7,10H2,(H,16,18). The molecule has 0 bridgehead atoms. The summed E-state index contributed by atoms with van der Waals surface area (Å²) in [5.41, 5.74) is 0.885. The number of hydrogen-bond donors (Lipinski definition) is 2. The highest BCUT2D eigenvalue weighted by Gasteiger charge is 2.15. The van der Waals surface area contributed by atoms with Crippen LogP contribution < -0.4 is 5.32 Å². The number of thiophene rings is 1. The van der Waals surface area contributed by atoms with Gasteiger partial charge in [0, 0.05) is 13.0 Å². The molecule has 1 unspecified atom stereocenters. The van der Waals surface area contributed by atoms with E-state index >= 15 is 0 Å². The lowest BCUT2D eigenvalue weighted by atomic mass is 10.0. The van der Waals surface area contributed by atoms with Gasteiger partial charge in [0.25, 0.3) is 0 Å². The molecule has 3 nitrogen and oxygen atoms in total. The molecule has 0 spiro atoms. The van der Waals surface area contributed by atoms with E-state index in [1.54, 1.807) is 11.3 Å². The lowest BCUT2D eigenvalue weighted by Crippen LogP contribution is -2.28. The molecule has 1 atom stereocenters. The van der Waals surface area contributed by atoms with Gasteiger partial charge >= 0.3 is 0 Å². The second-order valence-corrected chi connectivity index (χ2v) is 6.20. The zero-order chi connectivity index (χ0) is 13.5. The molecule has 1 aromatic rings. The van der Waals surface area contributed by atoms with Crippen LogP contribution in [-0.4, -0.2) is 17.6 Å². The van der Waals surface area contributed by atoms with Crippen molar-refractivity contribution in [3.05, 3.63) is 22.4 Å². The Bertz CT molecular complexity index is 372. The Morgan fingerprint density at radius 3 is 2.95 bits per heavy atom. The minimum Gasteiger partial charge on any atom is -0.387 e. The van der Waals surface area contributed by atoms with Crippen molar-refractivity contribution in [2.45, 2.75) is 51.0 Å². The average molecular weight is 281 g/mol. The van der Waals surface area contributed by atoms with Gasteiger partial charge in [-0.15, -0.1) is 0 Å². The molecule has 0 aliphatic heterocycles. The van der Waals surface area contributed by atoms with Crippen molar-refractivity contribution in [3.63, 3.8) is 0 Å². The van der Waals surface area contributed by atoms with Gasteiger partial charge < -0.3 is 10.4 Å². The SMILES string of the molecule is O=C(CCCC1CCCC1)NCC(O)c1ccsc1. The lowest BCUT2D eigenvalue weighted by molar-refractivity contribution is -0.121. The van der Waals surface area contributed by atoms with E-state index < -0.39 is 6.10 Å². The van der Waals surface area contributed by atoms with Crippen LogP contribution in [0.1, 0.15) is 56.6 Å². The van der Waals surface area contributed by atoms with E-state index in [-0.39, 0.29) is 5.91 Å². The zero-order valence-corrected chi connectivity index (χ0v) is 12.1. The first kappa shape index (κ1) is 14.5. The Morgan fingerprint density at radius 2 is 2.26 bits per heavy atom. The summed E-state index contributed by atoms with van der Waals surface area (Å²) < 4.78 is 0. The number of hydrogen-bond acceptors (Lipinski definition) is 3. The summed E-state index contributed by atoms with van der Waals surface area (Å²) in [6.45, 7) is 0.318. The van der Waals surface area contributed by atoms with Crippen LogP contribution >= 0.6 is 11.3 Å². The van der Waals surface area contributed by atoms with Crippen molar-refractivity contribution < 1.29 is 9.90 Å². The topological polar surface area (TPSA) is 49.3 Å². The number of carbonyl (C=O) groups excluding carboxylic acids is 1. The fraction of sp³-hybridized carbons (Fsp3) is 0.667. The van der Waals surface area contributed by atoms with E-state index in [0.717, 1.165) is 17.9 Å². The summed E-state index contributed by atoms with van der Waals surface area (Å²) in [4.78, 5) is 11.7. The average Bonchev–Trinajstić information content (AvgIpc) is 3.08. The fourth-order valence-electron chi connectivity index (χ4n) is 2.73. The van der Waals surface area contributed by atoms with Crippen LogP contribution in [0.4, 0.5) is 0 Å². The maximum atomic E-state index is 11.7. The molecular weight excluding hydrogens is 258 g/mol. The Labute approximate surface area is 119 Å². The maximum Gasteiger partial charge on any atom is 0.220 e. The Kier molecular flexibility index (Phi) is 5.86. The molecule has 1 heterocycles. The number of rotatable bonds is 7. The van der Waals surface area contributed by atoms with Crippen LogP contribution in [0.5, 0.6) is 0 Å². The van der Waals surface area contributed by atoms with Crippen molar-refractivity contribution in [2.24, 2.45) is 5.92 Å². The van der Waals surface area contributed by atoms with Gasteiger partial charge in [-0.2, -0.15) is 11.3 Å². The molecule has 2 N–H and O–H groups in total. The number of aliphatic hydroxyl groups is 1. The van der Waals surface area contributed by atoms with Gasteiger partial charge in [0.1, 0.15) is 0 Å². The van der Waals surface area contributed by atoms with Gasteiger partial charge in [-0.3, -0.25) is 4.79 Å². The molecule has 1 fully saturated rings. The van der Waals surface area contributed by atoms with Crippen molar-refractivity contribution in [2.75, 3.05) is 6.54 Å². The summed E-state index contributed by atoms with van der Waals surface area (Å²) in [7, 11) is 0. The first-order valence-corrected chi connectivity index (χ1v) is 8.17. The molecule has 2 rings (SSSR count). The molecule has 19 heavy (non-hydrogen) atoms. The van der Waals surface area contributed by atoms with Crippen molar-refractivity contribution in [1.29, 1.82) is 0 Å². The minimum atomic E-state index is -0.579. The predicted octanol–water partition coefficient (Wildman–Crippen LogP) is 3.26. The molecule has 1 amide bonds. The Balaban J connectivity index is 1.56. The number of nitrogens with one attached hydrogen (secondary N) is 1. The third-order valence-electron chi connectivity index (χ3n) is 3.91. The van der Waals surface area contributed by atoms with E-state index in [1.807, 2.05) is 16.8 Å². The monoisotopic (exact) mass is 281 g/mol. The van der Waals surface area contributed by atoms with E-state index in [4.69, 9.17) is 0 Å². The first-order valence-electron chi connectivity index (χ1n) is 7.22. The van der Waals surface area contributed by atoms with Gasteiger partial charge in [0.2, 0.25) is 5.91 Å². The molecule has 4 heteroatoms. The second-order valence-electron chi connectivity index (χ2n) is 5.42. The van der Waals surface area contributed by atoms with Gasteiger partial charge in [-0.1, -0.05) is 25.7 Å². The number of amides is 1. The summed E-state index contributed by atoms with van der Waals surface area (Å²) in [5.74, 6) is 0.913. The summed E-state index contributed by atoms with van der Waals surface area (Å²) >= 11 is 1.56. The molecule has 1 saturated carbocycles. The summed E-state index contributed by atoms with van der Waals surface area (Å²) in [6, 6.07) is 1.89. The first-order chi connectivity index (χ1) is 9.25. The molecule has 106 valence electrons. The highest BCUT2D eigenvalue weighted by Crippen LogP contribution is 2.28. The van der Waals surface area contributed by atoms with Crippen LogP contribution in [0.3, 0.4) is 0 Å². The molecule has 0 radical (unpaired) electrons. The van der Waals surface area contributed by atoms with Crippen molar-refractivity contribution in [3.8, 4) is 0 Å². The second kappa shape index (κ2) is 7.65. The third-order valence-corrected chi connectivity index (χ3v) is 4.61. The number of aliphatic hydroxyl groups excluding tert-OH is 1. The molecular formula is C15H23NO2S. The van der Waals surface area contributed by atoms with Crippen LogP contribution in [0.25, 0.3) is 0 Å². The van der Waals surface area contributed by atoms with Crippen molar-refractivity contribution in [1.82, 2.24) is 5.32 Å². The zero-order valence-electron chi connectivity index (χ0n) is 11.3. The molecule has 0 saturated heterocycles. The smallest absolute Gasteiger partial charge is 0.220 e. The molecule has 1 aliphatic rings. The van der Waals surface area contributed by atoms with Gasteiger partial charge in [-0.05, 0) is 41.1 Å². The molecule has 1 aliphatic carbocycles. The highest BCUT2D eigenvalue weighted by molar-refractivity contribution is 7.07. The minimum absolute atomic E-state index is 0.0623. The number of carbonyl (C=O) groups is 1. The van der Waals surface area contributed by atoms with E-state index in [2.05, 4.69) is 5.32 Å². The van der Waals surface area contributed by atoms with Gasteiger partial charge in [-0.25, -0.2) is 0 Å². The summed E-state index contributed by atoms with van der Waals surface area (Å²) in [5, 5.41) is 16.5. The lowest BCUT2D eigenvalue weighted by Gasteiger charge is -2.11. The van der Waals surface area contributed by atoms with Crippen LogP contribution in [0.2, 0.25) is 0 Å². The third kappa shape index (κ3) is 4.96. The van der Waals surface area contributed by atoms with Crippen LogP contribution in [0.15, 0.2) is 16.8 Å². The fourth-order valence-corrected chi connectivity index (χ4v) is 3.44. The molecule has 0 aromatic carbocycles. The summed E-state index contributed by atoms with van der Waals surface area (Å²) in [6.07, 6.45) is 7.59.